The molecule has 0 fully saturated rings. The normalized spacial score (nSPS) is 18.7. The van der Waals surface area contributed by atoms with Gasteiger partial charge in [-0.25, -0.2) is 4.79 Å². The minimum atomic E-state index is -5.07. The SMILES string of the molecule is CC1Cc2cccc(OC(=O)C(F)(F)F)c2C1=O. The summed E-state index contributed by atoms with van der Waals surface area (Å²) in [5.41, 5.74) is 0.697. The molecule has 0 heterocycles. The Kier molecular flexibility index (Phi) is 2.88. The molecule has 0 aromatic heterocycles. The van der Waals surface area contributed by atoms with Crippen LogP contribution in [0.5, 0.6) is 5.75 Å². The predicted molar refractivity (Wildman–Crippen MR) is 55.3 cm³/mol. The molecule has 1 atom stereocenters. The summed E-state index contributed by atoms with van der Waals surface area (Å²) in [6, 6.07) is 4.29. The van der Waals surface area contributed by atoms with Gasteiger partial charge in [0.15, 0.2) is 5.78 Å². The van der Waals surface area contributed by atoms with Crippen LogP contribution in [-0.2, 0) is 11.2 Å². The zero-order valence-electron chi connectivity index (χ0n) is 9.38. The monoisotopic (exact) mass is 258 g/mol. The van der Waals surface area contributed by atoms with Crippen LogP contribution in [0, 0.1) is 5.92 Å². The summed E-state index contributed by atoms with van der Waals surface area (Å²) in [4.78, 5) is 22.5. The molecule has 0 N–H and O–H groups in total. The van der Waals surface area contributed by atoms with Gasteiger partial charge in [-0.3, -0.25) is 4.79 Å². The Morgan fingerprint density at radius 1 is 1.39 bits per heavy atom. The summed E-state index contributed by atoms with van der Waals surface area (Å²) in [5, 5.41) is 0. The second-order valence-corrected chi connectivity index (χ2v) is 4.15. The Labute approximate surface area is 101 Å². The van der Waals surface area contributed by atoms with Gasteiger partial charge < -0.3 is 4.74 Å². The lowest BCUT2D eigenvalue weighted by atomic mass is 10.1. The van der Waals surface area contributed by atoms with E-state index in [4.69, 9.17) is 0 Å². The van der Waals surface area contributed by atoms with Crippen molar-refractivity contribution in [1.29, 1.82) is 0 Å². The van der Waals surface area contributed by atoms with Crippen LogP contribution in [0.25, 0.3) is 0 Å². The molecule has 0 bridgehead atoms. The van der Waals surface area contributed by atoms with Gasteiger partial charge in [0.1, 0.15) is 5.75 Å². The van der Waals surface area contributed by atoms with E-state index < -0.39 is 12.1 Å². The minimum absolute atomic E-state index is 0.0857. The fourth-order valence-corrected chi connectivity index (χ4v) is 1.94. The van der Waals surface area contributed by atoms with Gasteiger partial charge in [-0.05, 0) is 18.1 Å². The van der Waals surface area contributed by atoms with Crippen LogP contribution in [0.15, 0.2) is 18.2 Å². The number of carbonyl (C=O) groups is 2. The highest BCUT2D eigenvalue weighted by atomic mass is 19.4. The van der Waals surface area contributed by atoms with E-state index in [1.807, 2.05) is 0 Å². The molecule has 1 aromatic carbocycles. The summed E-state index contributed by atoms with van der Waals surface area (Å²) in [5.74, 6) is -3.23. The minimum Gasteiger partial charge on any atom is -0.419 e. The zero-order chi connectivity index (χ0) is 13.5. The van der Waals surface area contributed by atoms with Crippen molar-refractivity contribution >= 4 is 11.8 Å². The Hall–Kier alpha value is -1.85. The van der Waals surface area contributed by atoms with Crippen molar-refractivity contribution in [2.45, 2.75) is 19.5 Å². The molecule has 0 amide bonds. The Morgan fingerprint density at radius 3 is 2.67 bits per heavy atom. The molecule has 1 aromatic rings. The van der Waals surface area contributed by atoms with Gasteiger partial charge in [0.2, 0.25) is 0 Å². The number of fused-ring (bicyclic) bond motifs is 1. The maximum atomic E-state index is 12.1. The highest BCUT2D eigenvalue weighted by Crippen LogP contribution is 2.34. The van der Waals surface area contributed by atoms with Gasteiger partial charge in [-0.2, -0.15) is 13.2 Å². The molecule has 0 spiro atoms. The number of ketones is 1. The lowest BCUT2D eigenvalue weighted by Gasteiger charge is -2.09. The number of alkyl halides is 3. The maximum Gasteiger partial charge on any atom is 0.491 e. The molecule has 0 aliphatic heterocycles. The number of hydrogen-bond acceptors (Lipinski definition) is 3. The molecule has 6 heteroatoms. The Balaban J connectivity index is 2.35. The number of carbonyl (C=O) groups excluding carboxylic acids is 2. The Morgan fingerprint density at radius 2 is 2.06 bits per heavy atom. The molecule has 0 saturated carbocycles. The molecule has 0 radical (unpaired) electrons. The zero-order valence-corrected chi connectivity index (χ0v) is 9.38. The quantitative estimate of drug-likeness (QED) is 0.574. The summed E-state index contributed by atoms with van der Waals surface area (Å²) in [6.07, 6.45) is -4.62. The van der Waals surface area contributed by atoms with Gasteiger partial charge in [0.25, 0.3) is 0 Å². The number of rotatable bonds is 1. The lowest BCUT2D eigenvalue weighted by Crippen LogP contribution is -2.28. The van der Waals surface area contributed by atoms with Crippen LogP contribution in [0.2, 0.25) is 0 Å². The van der Waals surface area contributed by atoms with Crippen molar-refractivity contribution in [3.63, 3.8) is 0 Å². The van der Waals surface area contributed by atoms with Crippen molar-refractivity contribution in [2.75, 3.05) is 0 Å². The van der Waals surface area contributed by atoms with Crippen LogP contribution in [-0.4, -0.2) is 17.9 Å². The van der Waals surface area contributed by atoms with Crippen LogP contribution >= 0.6 is 0 Å². The third-order valence-corrected chi connectivity index (χ3v) is 2.77. The van der Waals surface area contributed by atoms with Crippen LogP contribution < -0.4 is 4.74 Å². The molecule has 1 unspecified atom stereocenters. The summed E-state index contributed by atoms with van der Waals surface area (Å²) < 4.78 is 40.6. The van der Waals surface area contributed by atoms with Crippen LogP contribution in [0.1, 0.15) is 22.8 Å². The molecule has 0 saturated heterocycles. The van der Waals surface area contributed by atoms with E-state index in [-0.39, 0.29) is 23.0 Å². The third kappa shape index (κ3) is 2.10. The van der Waals surface area contributed by atoms with Crippen molar-refractivity contribution < 1.29 is 27.5 Å². The number of benzene rings is 1. The highest BCUT2D eigenvalue weighted by molar-refractivity contribution is 6.04. The number of esters is 1. The molecular formula is C12H9F3O3. The van der Waals surface area contributed by atoms with E-state index >= 15 is 0 Å². The van der Waals surface area contributed by atoms with E-state index in [0.717, 1.165) is 0 Å². The fourth-order valence-electron chi connectivity index (χ4n) is 1.94. The van der Waals surface area contributed by atoms with Crippen molar-refractivity contribution in [2.24, 2.45) is 5.92 Å². The molecule has 18 heavy (non-hydrogen) atoms. The average molecular weight is 258 g/mol. The molecule has 96 valence electrons. The molecule has 1 aliphatic rings. The maximum absolute atomic E-state index is 12.1. The van der Waals surface area contributed by atoms with Gasteiger partial charge in [-0.15, -0.1) is 0 Å². The number of hydrogen-bond donors (Lipinski definition) is 0. The first-order valence-electron chi connectivity index (χ1n) is 5.26. The standard InChI is InChI=1S/C12H9F3O3/c1-6-5-7-3-2-4-8(9(7)10(6)16)18-11(17)12(13,14)15/h2-4,6H,5H2,1H3. The van der Waals surface area contributed by atoms with E-state index in [9.17, 15) is 22.8 Å². The first-order chi connectivity index (χ1) is 8.30. The second-order valence-electron chi connectivity index (χ2n) is 4.15. The van der Waals surface area contributed by atoms with Crippen molar-refractivity contribution in [1.82, 2.24) is 0 Å². The largest absolute Gasteiger partial charge is 0.491 e. The van der Waals surface area contributed by atoms with Crippen LogP contribution in [0.3, 0.4) is 0 Å². The predicted octanol–water partition coefficient (Wildman–Crippen LogP) is 2.53. The van der Waals surface area contributed by atoms with Gasteiger partial charge in [0, 0.05) is 5.92 Å². The molecule has 2 rings (SSSR count). The average Bonchev–Trinajstić information content (AvgIpc) is 2.54. The van der Waals surface area contributed by atoms with Gasteiger partial charge >= 0.3 is 12.1 Å². The van der Waals surface area contributed by atoms with Crippen molar-refractivity contribution in [3.05, 3.63) is 29.3 Å². The number of ether oxygens (including phenoxy) is 1. The Bertz CT molecular complexity index is 520. The number of Topliss-reactive ketones (excluding diaryl/α,β-unsaturated/α-hetero) is 1. The third-order valence-electron chi connectivity index (χ3n) is 2.77. The van der Waals surface area contributed by atoms with Gasteiger partial charge in [-0.1, -0.05) is 19.1 Å². The van der Waals surface area contributed by atoms with E-state index in [2.05, 4.69) is 4.74 Å². The first-order valence-corrected chi connectivity index (χ1v) is 5.26. The number of halogens is 3. The first kappa shape index (κ1) is 12.6. The smallest absolute Gasteiger partial charge is 0.419 e. The van der Waals surface area contributed by atoms with Crippen LogP contribution in [0.4, 0.5) is 13.2 Å². The van der Waals surface area contributed by atoms with Crippen molar-refractivity contribution in [3.8, 4) is 5.75 Å². The summed E-state index contributed by atoms with van der Waals surface area (Å²) in [6.45, 7) is 1.68. The molecular weight excluding hydrogens is 249 g/mol. The summed E-state index contributed by atoms with van der Waals surface area (Å²) in [7, 11) is 0. The topological polar surface area (TPSA) is 43.4 Å². The van der Waals surface area contributed by atoms with E-state index in [0.29, 0.717) is 12.0 Å². The molecule has 1 aliphatic carbocycles. The van der Waals surface area contributed by atoms with E-state index in [1.54, 1.807) is 13.0 Å². The molecule has 3 nitrogen and oxygen atoms in total. The summed E-state index contributed by atoms with van der Waals surface area (Å²) >= 11 is 0. The van der Waals surface area contributed by atoms with Gasteiger partial charge in [0.05, 0.1) is 5.56 Å². The second kappa shape index (κ2) is 4.12. The van der Waals surface area contributed by atoms with E-state index in [1.165, 1.54) is 12.1 Å². The fraction of sp³-hybridized carbons (Fsp3) is 0.333. The lowest BCUT2D eigenvalue weighted by molar-refractivity contribution is -0.189. The highest BCUT2D eigenvalue weighted by Gasteiger charge is 2.42.